The number of hydrogen-bond donors (Lipinski definition) is 2. The van der Waals surface area contributed by atoms with Crippen LogP contribution in [-0.4, -0.2) is 61.9 Å². The second kappa shape index (κ2) is 9.33. The molecule has 0 fully saturated rings. The molecular weight excluding hydrogens is 258 g/mol. The summed E-state index contributed by atoms with van der Waals surface area (Å²) in [5.41, 5.74) is 6.43. The van der Waals surface area contributed by atoms with E-state index in [0.29, 0.717) is 24.0 Å². The summed E-state index contributed by atoms with van der Waals surface area (Å²) in [7, 11) is 3.74. The Morgan fingerprint density at radius 1 is 1.30 bits per heavy atom. The van der Waals surface area contributed by atoms with E-state index in [4.69, 9.17) is 15.2 Å². The quantitative estimate of drug-likeness (QED) is 0.658. The van der Waals surface area contributed by atoms with Gasteiger partial charge in [0.2, 0.25) is 5.88 Å². The van der Waals surface area contributed by atoms with E-state index in [2.05, 4.69) is 20.2 Å². The molecule has 0 atom stereocenters. The fraction of sp³-hybridized carbons (Fsp3) is 0.692. The average molecular weight is 283 g/mol. The molecule has 0 radical (unpaired) electrons. The third-order valence-corrected chi connectivity index (χ3v) is 2.75. The highest BCUT2D eigenvalue weighted by atomic mass is 16.5. The second-order valence-electron chi connectivity index (χ2n) is 4.51. The van der Waals surface area contributed by atoms with E-state index < -0.39 is 0 Å². The van der Waals surface area contributed by atoms with Crippen LogP contribution in [0.25, 0.3) is 0 Å². The topological polar surface area (TPSA) is 85.5 Å². The molecule has 0 amide bonds. The molecule has 0 aliphatic heterocycles. The van der Waals surface area contributed by atoms with E-state index in [0.717, 1.165) is 32.7 Å². The number of methoxy groups -OCH3 is 1. The summed E-state index contributed by atoms with van der Waals surface area (Å²) in [5, 5.41) is 3.20. The lowest BCUT2D eigenvalue weighted by atomic mass is 10.4. The van der Waals surface area contributed by atoms with Crippen LogP contribution in [0.1, 0.15) is 13.3 Å². The van der Waals surface area contributed by atoms with Crippen molar-refractivity contribution in [3.8, 4) is 5.88 Å². The number of rotatable bonds is 10. The number of ether oxygens (including phenoxy) is 2. The summed E-state index contributed by atoms with van der Waals surface area (Å²) < 4.78 is 10.5. The Balaban J connectivity index is 2.43. The Morgan fingerprint density at radius 3 is 2.80 bits per heavy atom. The molecule has 1 heterocycles. The highest BCUT2D eigenvalue weighted by Gasteiger charge is 2.08. The Hall–Kier alpha value is -1.60. The molecule has 0 unspecified atom stereocenters. The summed E-state index contributed by atoms with van der Waals surface area (Å²) in [6, 6.07) is 0. The molecule has 0 aliphatic carbocycles. The van der Waals surface area contributed by atoms with Crippen molar-refractivity contribution < 1.29 is 9.47 Å². The van der Waals surface area contributed by atoms with Crippen molar-refractivity contribution in [3.63, 3.8) is 0 Å². The number of hydrogen-bond acceptors (Lipinski definition) is 7. The number of nitrogens with one attached hydrogen (secondary N) is 1. The van der Waals surface area contributed by atoms with Gasteiger partial charge in [-0.05, 0) is 13.5 Å². The van der Waals surface area contributed by atoms with Gasteiger partial charge in [-0.25, -0.2) is 4.98 Å². The predicted octanol–water partition coefficient (Wildman–Crippen LogP) is 0.838. The molecule has 0 bridgehead atoms. The van der Waals surface area contributed by atoms with E-state index in [-0.39, 0.29) is 0 Å². The van der Waals surface area contributed by atoms with Crippen molar-refractivity contribution >= 4 is 11.5 Å². The molecular formula is C13H25N5O2. The van der Waals surface area contributed by atoms with Crippen LogP contribution in [0.3, 0.4) is 0 Å². The summed E-state index contributed by atoms with van der Waals surface area (Å²) in [4.78, 5) is 10.3. The summed E-state index contributed by atoms with van der Waals surface area (Å²) in [5.74, 6) is 1.06. The Labute approximate surface area is 120 Å². The zero-order chi connectivity index (χ0) is 14.8. The second-order valence-corrected chi connectivity index (χ2v) is 4.51. The van der Waals surface area contributed by atoms with E-state index in [9.17, 15) is 0 Å². The SMILES string of the molecule is CCCOc1ncnc(NCCN(C)CCOC)c1N. The Kier molecular flexibility index (Phi) is 7.67. The number of anilines is 2. The molecule has 1 rings (SSSR count). The maximum Gasteiger partial charge on any atom is 0.242 e. The van der Waals surface area contributed by atoms with Crippen molar-refractivity contribution in [3.05, 3.63) is 6.33 Å². The predicted molar refractivity (Wildman–Crippen MR) is 80.1 cm³/mol. The molecule has 0 aliphatic rings. The van der Waals surface area contributed by atoms with Crippen molar-refractivity contribution in [1.29, 1.82) is 0 Å². The lowest BCUT2D eigenvalue weighted by molar-refractivity contribution is 0.163. The van der Waals surface area contributed by atoms with Gasteiger partial charge < -0.3 is 25.4 Å². The van der Waals surface area contributed by atoms with Gasteiger partial charge in [-0.1, -0.05) is 6.92 Å². The van der Waals surface area contributed by atoms with Crippen LogP contribution >= 0.6 is 0 Å². The lowest BCUT2D eigenvalue weighted by Gasteiger charge is -2.17. The van der Waals surface area contributed by atoms with Crippen LogP contribution in [0.4, 0.5) is 11.5 Å². The minimum atomic E-state index is 0.442. The molecule has 0 spiro atoms. The summed E-state index contributed by atoms with van der Waals surface area (Å²) in [6.45, 7) is 5.86. The number of nitrogen functional groups attached to an aromatic ring is 1. The first-order chi connectivity index (χ1) is 9.69. The monoisotopic (exact) mass is 283 g/mol. The smallest absolute Gasteiger partial charge is 0.242 e. The molecule has 20 heavy (non-hydrogen) atoms. The Morgan fingerprint density at radius 2 is 2.10 bits per heavy atom. The van der Waals surface area contributed by atoms with E-state index in [1.807, 2.05) is 14.0 Å². The third kappa shape index (κ3) is 5.58. The number of nitrogens with zero attached hydrogens (tertiary/aromatic N) is 3. The number of likely N-dealkylation sites (N-methyl/N-ethyl adjacent to an activating group) is 1. The standard InChI is InChI=1S/C13H25N5O2/c1-4-8-20-13-11(14)12(16-10-17-13)15-5-6-18(2)7-9-19-3/h10H,4-9,14H2,1-3H3,(H,15,16,17). The maximum atomic E-state index is 5.98. The Bertz CT molecular complexity index is 389. The first kappa shape index (κ1) is 16.5. The van der Waals surface area contributed by atoms with Crippen LogP contribution in [0.5, 0.6) is 5.88 Å². The summed E-state index contributed by atoms with van der Waals surface area (Å²) in [6.07, 6.45) is 2.37. The van der Waals surface area contributed by atoms with Crippen LogP contribution in [0.15, 0.2) is 6.33 Å². The van der Waals surface area contributed by atoms with Crippen LogP contribution in [-0.2, 0) is 4.74 Å². The van der Waals surface area contributed by atoms with Gasteiger partial charge in [0.1, 0.15) is 12.0 Å². The van der Waals surface area contributed by atoms with Gasteiger partial charge in [0, 0.05) is 26.7 Å². The molecule has 114 valence electrons. The average Bonchev–Trinajstić information content (AvgIpc) is 2.45. The zero-order valence-corrected chi connectivity index (χ0v) is 12.6. The molecule has 0 saturated heterocycles. The van der Waals surface area contributed by atoms with E-state index >= 15 is 0 Å². The first-order valence-corrected chi connectivity index (χ1v) is 6.83. The largest absolute Gasteiger partial charge is 0.476 e. The van der Waals surface area contributed by atoms with Gasteiger partial charge in [-0.2, -0.15) is 4.98 Å². The van der Waals surface area contributed by atoms with Gasteiger partial charge in [0.15, 0.2) is 5.82 Å². The molecule has 0 aromatic carbocycles. The van der Waals surface area contributed by atoms with E-state index in [1.54, 1.807) is 7.11 Å². The molecule has 7 heteroatoms. The number of nitrogens with two attached hydrogens (primary N) is 1. The van der Waals surface area contributed by atoms with Crippen LogP contribution in [0.2, 0.25) is 0 Å². The van der Waals surface area contributed by atoms with Crippen molar-refractivity contribution in [1.82, 2.24) is 14.9 Å². The van der Waals surface area contributed by atoms with Crippen LogP contribution in [0, 0.1) is 0 Å². The summed E-state index contributed by atoms with van der Waals surface area (Å²) >= 11 is 0. The third-order valence-electron chi connectivity index (χ3n) is 2.75. The van der Waals surface area contributed by atoms with Crippen molar-refractivity contribution in [2.75, 3.05) is 58.1 Å². The molecule has 7 nitrogen and oxygen atoms in total. The van der Waals surface area contributed by atoms with Gasteiger partial charge in [-0.3, -0.25) is 0 Å². The van der Waals surface area contributed by atoms with Gasteiger partial charge in [-0.15, -0.1) is 0 Å². The van der Waals surface area contributed by atoms with Gasteiger partial charge in [0.25, 0.3) is 0 Å². The molecule has 3 N–H and O–H groups in total. The van der Waals surface area contributed by atoms with Crippen molar-refractivity contribution in [2.45, 2.75) is 13.3 Å². The van der Waals surface area contributed by atoms with Gasteiger partial charge >= 0.3 is 0 Å². The fourth-order valence-electron chi connectivity index (χ4n) is 1.56. The highest BCUT2D eigenvalue weighted by molar-refractivity contribution is 5.66. The van der Waals surface area contributed by atoms with Gasteiger partial charge in [0.05, 0.1) is 13.2 Å². The molecule has 1 aromatic heterocycles. The fourth-order valence-corrected chi connectivity index (χ4v) is 1.56. The first-order valence-electron chi connectivity index (χ1n) is 6.83. The van der Waals surface area contributed by atoms with Crippen molar-refractivity contribution in [2.24, 2.45) is 0 Å². The van der Waals surface area contributed by atoms with E-state index in [1.165, 1.54) is 6.33 Å². The normalized spacial score (nSPS) is 10.8. The highest BCUT2D eigenvalue weighted by Crippen LogP contribution is 2.24. The number of aromatic nitrogens is 2. The minimum Gasteiger partial charge on any atom is -0.476 e. The maximum absolute atomic E-state index is 5.98. The zero-order valence-electron chi connectivity index (χ0n) is 12.6. The lowest BCUT2D eigenvalue weighted by Crippen LogP contribution is -2.28. The molecule has 0 saturated carbocycles. The minimum absolute atomic E-state index is 0.442. The van der Waals surface area contributed by atoms with Crippen LogP contribution < -0.4 is 15.8 Å². The molecule has 1 aromatic rings.